The number of carbonyl (C=O) groups is 1. The van der Waals surface area contributed by atoms with Gasteiger partial charge in [-0.05, 0) is 40.6 Å². The summed E-state index contributed by atoms with van der Waals surface area (Å²) in [5.41, 5.74) is 3.58. The largest absolute Gasteiger partial charge is 0.421 e. The average Bonchev–Trinajstić information content (AvgIpc) is 2.84. The quantitative estimate of drug-likeness (QED) is 0.545. The summed E-state index contributed by atoms with van der Waals surface area (Å²) in [7, 11) is 0. The van der Waals surface area contributed by atoms with Gasteiger partial charge in [-0.3, -0.25) is 0 Å². The fourth-order valence-electron chi connectivity index (χ4n) is 2.32. The van der Waals surface area contributed by atoms with Crippen LogP contribution in [0.2, 0.25) is 0 Å². The Hall–Kier alpha value is -1.88. The molecule has 0 aromatic heterocycles. The Morgan fingerprint density at radius 3 is 2.14 bits per heavy atom. The highest BCUT2D eigenvalue weighted by atomic mass is 127. The molecule has 104 valence electrons. The molecule has 1 aliphatic heterocycles. The average molecular weight is 388 g/mol. The van der Waals surface area contributed by atoms with Crippen LogP contribution in [0.25, 0.3) is 9.15 Å². The van der Waals surface area contributed by atoms with E-state index in [9.17, 15) is 4.79 Å². The number of hydrogen-bond donors (Lipinski definition) is 0. The van der Waals surface area contributed by atoms with Crippen molar-refractivity contribution in [3.05, 3.63) is 83.1 Å². The highest BCUT2D eigenvalue weighted by Crippen LogP contribution is 2.41. The number of cyclic esters (lactones) is 1. The summed E-state index contributed by atoms with van der Waals surface area (Å²) in [6.45, 7) is 1.81. The first kappa shape index (κ1) is 14.1. The monoisotopic (exact) mass is 388 g/mol. The third-order valence-corrected chi connectivity index (χ3v) is 4.50. The molecule has 0 atom stereocenters. The zero-order valence-electron chi connectivity index (χ0n) is 11.5. The fraction of sp³-hybridized carbons (Fsp3) is 0.0556. The molecule has 3 heteroatoms. The summed E-state index contributed by atoms with van der Waals surface area (Å²) in [5, 5.41) is 0. The van der Waals surface area contributed by atoms with Crippen molar-refractivity contribution in [2.24, 2.45) is 0 Å². The molecular formula is C18H13IO2. The van der Waals surface area contributed by atoms with Crippen LogP contribution >= 0.6 is 22.6 Å². The lowest BCUT2D eigenvalue weighted by Crippen LogP contribution is -1.95. The van der Waals surface area contributed by atoms with E-state index in [0.29, 0.717) is 11.3 Å². The standard InChI is InChI=1S/C18H13IO2/c1-12-15(13-8-4-2-5-9-13)17(21-18(12)20)16(19)14-10-6-3-7-11-14/h2-11H,1H3/b17-16+. The number of ether oxygens (including phenoxy) is 1. The molecule has 2 aromatic rings. The van der Waals surface area contributed by atoms with Gasteiger partial charge in [0, 0.05) is 11.1 Å². The molecule has 0 radical (unpaired) electrons. The van der Waals surface area contributed by atoms with Crippen LogP contribution in [0.5, 0.6) is 0 Å². The lowest BCUT2D eigenvalue weighted by atomic mass is 9.99. The molecule has 21 heavy (non-hydrogen) atoms. The summed E-state index contributed by atoms with van der Waals surface area (Å²) < 4.78 is 6.46. The molecule has 0 spiro atoms. The van der Waals surface area contributed by atoms with Gasteiger partial charge in [0.25, 0.3) is 0 Å². The molecule has 2 nitrogen and oxygen atoms in total. The SMILES string of the molecule is CC1=C(c2ccccc2)/C(=C(\I)c2ccccc2)OC1=O. The van der Waals surface area contributed by atoms with Crippen LogP contribution in [0.1, 0.15) is 18.1 Å². The molecule has 0 saturated heterocycles. The molecule has 1 aliphatic rings. The van der Waals surface area contributed by atoms with E-state index in [0.717, 1.165) is 20.3 Å². The summed E-state index contributed by atoms with van der Waals surface area (Å²) >= 11 is 2.24. The van der Waals surface area contributed by atoms with Crippen LogP contribution in [0.4, 0.5) is 0 Å². The van der Waals surface area contributed by atoms with Gasteiger partial charge in [-0.15, -0.1) is 0 Å². The number of esters is 1. The van der Waals surface area contributed by atoms with Crippen LogP contribution in [0.15, 0.2) is 72.0 Å². The zero-order valence-corrected chi connectivity index (χ0v) is 13.6. The van der Waals surface area contributed by atoms with Crippen LogP contribution in [-0.2, 0) is 9.53 Å². The van der Waals surface area contributed by atoms with Crippen molar-refractivity contribution in [2.45, 2.75) is 6.92 Å². The Labute approximate surface area is 137 Å². The van der Waals surface area contributed by atoms with E-state index in [-0.39, 0.29) is 5.97 Å². The van der Waals surface area contributed by atoms with Crippen molar-refractivity contribution in [1.29, 1.82) is 0 Å². The number of rotatable bonds is 2. The second-order valence-electron chi connectivity index (χ2n) is 4.76. The maximum absolute atomic E-state index is 12.0. The minimum Gasteiger partial charge on any atom is -0.421 e. The minimum atomic E-state index is -0.269. The second kappa shape index (κ2) is 5.85. The highest BCUT2D eigenvalue weighted by Gasteiger charge is 2.30. The van der Waals surface area contributed by atoms with Crippen LogP contribution in [0, 0.1) is 0 Å². The molecule has 0 unspecified atom stereocenters. The Kier molecular flexibility index (Phi) is 3.92. The molecule has 0 bridgehead atoms. The van der Waals surface area contributed by atoms with Gasteiger partial charge in [0.2, 0.25) is 0 Å². The van der Waals surface area contributed by atoms with Gasteiger partial charge >= 0.3 is 5.97 Å². The lowest BCUT2D eigenvalue weighted by Gasteiger charge is -2.09. The van der Waals surface area contributed by atoms with E-state index < -0.39 is 0 Å². The number of halogens is 1. The van der Waals surface area contributed by atoms with Gasteiger partial charge in [0.05, 0.1) is 3.58 Å². The van der Waals surface area contributed by atoms with Crippen molar-refractivity contribution in [2.75, 3.05) is 0 Å². The molecule has 0 aliphatic carbocycles. The van der Waals surface area contributed by atoms with Gasteiger partial charge in [0.15, 0.2) is 5.76 Å². The Morgan fingerprint density at radius 2 is 1.52 bits per heavy atom. The van der Waals surface area contributed by atoms with Gasteiger partial charge in [0.1, 0.15) is 0 Å². The third-order valence-electron chi connectivity index (χ3n) is 3.39. The molecule has 3 rings (SSSR count). The summed E-state index contributed by atoms with van der Waals surface area (Å²) in [4.78, 5) is 12.0. The van der Waals surface area contributed by atoms with Gasteiger partial charge in [-0.25, -0.2) is 4.79 Å². The number of allylic oxidation sites excluding steroid dienone is 1. The van der Waals surface area contributed by atoms with E-state index in [1.165, 1.54) is 0 Å². The van der Waals surface area contributed by atoms with Crippen LogP contribution in [-0.4, -0.2) is 5.97 Å². The number of hydrogen-bond acceptors (Lipinski definition) is 2. The first-order valence-corrected chi connectivity index (χ1v) is 7.70. The fourth-order valence-corrected chi connectivity index (χ4v) is 3.05. The van der Waals surface area contributed by atoms with E-state index >= 15 is 0 Å². The number of carbonyl (C=O) groups excluding carboxylic acids is 1. The molecule has 0 fully saturated rings. The zero-order chi connectivity index (χ0) is 14.8. The Balaban J connectivity index is 2.18. The van der Waals surface area contributed by atoms with Crippen molar-refractivity contribution in [3.63, 3.8) is 0 Å². The van der Waals surface area contributed by atoms with Crippen LogP contribution < -0.4 is 0 Å². The molecular weight excluding hydrogens is 375 g/mol. The molecule has 0 N–H and O–H groups in total. The van der Waals surface area contributed by atoms with Gasteiger partial charge in [-0.1, -0.05) is 60.7 Å². The molecule has 0 amide bonds. The smallest absolute Gasteiger partial charge is 0.339 e. The normalized spacial score (nSPS) is 17.0. The maximum Gasteiger partial charge on any atom is 0.339 e. The Morgan fingerprint density at radius 1 is 0.952 bits per heavy atom. The maximum atomic E-state index is 12.0. The van der Waals surface area contributed by atoms with Crippen molar-refractivity contribution in [1.82, 2.24) is 0 Å². The van der Waals surface area contributed by atoms with E-state index in [2.05, 4.69) is 22.6 Å². The predicted molar refractivity (Wildman–Crippen MR) is 92.5 cm³/mol. The minimum absolute atomic E-state index is 0.269. The van der Waals surface area contributed by atoms with Gasteiger partial charge in [-0.2, -0.15) is 0 Å². The summed E-state index contributed by atoms with van der Waals surface area (Å²) in [6.07, 6.45) is 0. The lowest BCUT2D eigenvalue weighted by molar-refractivity contribution is -0.133. The topological polar surface area (TPSA) is 26.3 Å². The molecule has 0 saturated carbocycles. The second-order valence-corrected chi connectivity index (χ2v) is 5.84. The summed E-state index contributed by atoms with van der Waals surface area (Å²) in [6, 6.07) is 19.8. The highest BCUT2D eigenvalue weighted by molar-refractivity contribution is 14.1. The Bertz CT molecular complexity index is 743. The number of benzene rings is 2. The molecule has 1 heterocycles. The van der Waals surface area contributed by atoms with Crippen molar-refractivity contribution < 1.29 is 9.53 Å². The van der Waals surface area contributed by atoms with Gasteiger partial charge < -0.3 is 4.74 Å². The van der Waals surface area contributed by atoms with E-state index in [4.69, 9.17) is 4.74 Å². The first-order chi connectivity index (χ1) is 10.2. The molecule has 2 aromatic carbocycles. The first-order valence-electron chi connectivity index (χ1n) is 6.62. The summed E-state index contributed by atoms with van der Waals surface area (Å²) in [5.74, 6) is 0.379. The van der Waals surface area contributed by atoms with E-state index in [1.807, 2.05) is 67.6 Å². The predicted octanol–water partition coefficient (Wildman–Crippen LogP) is 4.82. The van der Waals surface area contributed by atoms with Crippen LogP contribution in [0.3, 0.4) is 0 Å². The third kappa shape index (κ3) is 2.65. The van der Waals surface area contributed by atoms with Crippen molar-refractivity contribution in [3.8, 4) is 0 Å². The van der Waals surface area contributed by atoms with Crippen molar-refractivity contribution >= 4 is 37.7 Å². The van der Waals surface area contributed by atoms with E-state index in [1.54, 1.807) is 0 Å².